The fourth-order valence-corrected chi connectivity index (χ4v) is 2.05. The summed E-state index contributed by atoms with van der Waals surface area (Å²) in [5, 5.41) is 18.5. The number of rotatable bonds is 3. The number of aromatic nitrogens is 2. The molecule has 8 heteroatoms. The second-order valence-electron chi connectivity index (χ2n) is 4.36. The Morgan fingerprint density at radius 3 is 2.74 bits per heavy atom. The van der Waals surface area contributed by atoms with Crippen LogP contribution in [0.3, 0.4) is 0 Å². The van der Waals surface area contributed by atoms with Crippen LogP contribution in [0.2, 0.25) is 0 Å². The second-order valence-corrected chi connectivity index (χ2v) is 4.36. The molecule has 1 aliphatic heterocycles. The molecular weight excluding hydrogens is 259 g/mol. The van der Waals surface area contributed by atoms with E-state index in [1.165, 1.54) is 6.20 Å². The molecule has 0 saturated carbocycles. The van der Waals surface area contributed by atoms with Crippen LogP contribution in [-0.4, -0.2) is 44.8 Å². The van der Waals surface area contributed by atoms with Crippen LogP contribution in [0.4, 0.5) is 4.39 Å². The van der Waals surface area contributed by atoms with Gasteiger partial charge >= 0.3 is 5.69 Å². The number of hydrogen-bond donors (Lipinski definition) is 3. The lowest BCUT2D eigenvalue weighted by atomic mass is 10.1. The van der Waals surface area contributed by atoms with Crippen molar-refractivity contribution in [1.29, 1.82) is 0 Å². The zero-order valence-electron chi connectivity index (χ0n) is 10.2. The van der Waals surface area contributed by atoms with Crippen molar-refractivity contribution in [2.24, 2.45) is 0 Å². The highest BCUT2D eigenvalue weighted by Gasteiger charge is 2.45. The van der Waals surface area contributed by atoms with Gasteiger partial charge in [0.05, 0.1) is 6.61 Å². The number of aliphatic hydroxyl groups is 2. The van der Waals surface area contributed by atoms with E-state index >= 15 is 0 Å². The number of aromatic amines is 1. The van der Waals surface area contributed by atoms with E-state index in [1.54, 1.807) is 6.92 Å². The number of aryl methyl sites for hydroxylation is 1. The first kappa shape index (κ1) is 13.9. The zero-order chi connectivity index (χ0) is 14.2. The van der Waals surface area contributed by atoms with E-state index in [1.807, 2.05) is 0 Å². The van der Waals surface area contributed by atoms with Crippen molar-refractivity contribution < 1.29 is 19.3 Å². The number of H-pyrrole nitrogens is 1. The third kappa shape index (κ3) is 2.34. The van der Waals surface area contributed by atoms with Gasteiger partial charge in [0.15, 0.2) is 12.4 Å². The molecule has 3 N–H and O–H groups in total. The molecule has 0 bridgehead atoms. The Labute approximate surface area is 107 Å². The van der Waals surface area contributed by atoms with Crippen molar-refractivity contribution in [3.8, 4) is 0 Å². The molecule has 4 atom stereocenters. The number of nitrogens with one attached hydrogen (secondary N) is 1. The Morgan fingerprint density at radius 2 is 2.21 bits per heavy atom. The Kier molecular flexibility index (Phi) is 3.83. The van der Waals surface area contributed by atoms with Gasteiger partial charge in [0.2, 0.25) is 0 Å². The van der Waals surface area contributed by atoms with Gasteiger partial charge in [-0.25, -0.2) is 9.18 Å². The fraction of sp³-hybridized carbons (Fsp3) is 0.636. The maximum Gasteiger partial charge on any atom is 0.330 e. The number of nitrogens with zero attached hydrogens (tertiary/aromatic N) is 1. The minimum absolute atomic E-state index is 0.303. The van der Waals surface area contributed by atoms with Gasteiger partial charge in [-0.1, -0.05) is 6.92 Å². The number of ether oxygens (including phenoxy) is 1. The molecule has 19 heavy (non-hydrogen) atoms. The Morgan fingerprint density at radius 1 is 1.53 bits per heavy atom. The minimum Gasteiger partial charge on any atom is -0.394 e. The monoisotopic (exact) mass is 274 g/mol. The van der Waals surface area contributed by atoms with Gasteiger partial charge in [0.1, 0.15) is 12.2 Å². The van der Waals surface area contributed by atoms with Crippen molar-refractivity contribution in [3.63, 3.8) is 0 Å². The van der Waals surface area contributed by atoms with E-state index in [4.69, 9.17) is 9.84 Å². The topological polar surface area (TPSA) is 105 Å². The first-order valence-electron chi connectivity index (χ1n) is 5.92. The van der Waals surface area contributed by atoms with Crippen LogP contribution in [0.15, 0.2) is 15.8 Å². The molecule has 2 rings (SSSR count). The molecule has 0 aliphatic carbocycles. The summed E-state index contributed by atoms with van der Waals surface area (Å²) < 4.78 is 19.9. The highest BCUT2D eigenvalue weighted by molar-refractivity contribution is 5.05. The predicted octanol–water partition coefficient (Wildman–Crippen LogP) is -1.31. The molecule has 0 aromatic carbocycles. The van der Waals surface area contributed by atoms with Crippen LogP contribution in [0.25, 0.3) is 0 Å². The molecule has 0 amide bonds. The summed E-state index contributed by atoms with van der Waals surface area (Å²) in [6, 6.07) is 0. The minimum atomic E-state index is -1.86. The molecular formula is C11H15FN2O5. The van der Waals surface area contributed by atoms with E-state index in [-0.39, 0.29) is 0 Å². The average Bonchev–Trinajstić information content (AvgIpc) is 2.67. The van der Waals surface area contributed by atoms with Crippen molar-refractivity contribution in [3.05, 3.63) is 32.6 Å². The van der Waals surface area contributed by atoms with Crippen LogP contribution in [0, 0.1) is 0 Å². The Bertz CT molecular complexity index is 569. The van der Waals surface area contributed by atoms with E-state index in [0.29, 0.717) is 12.0 Å². The summed E-state index contributed by atoms with van der Waals surface area (Å²) in [5.74, 6) is 0. The van der Waals surface area contributed by atoms with E-state index in [9.17, 15) is 19.1 Å². The first-order valence-corrected chi connectivity index (χ1v) is 5.92. The first-order chi connectivity index (χ1) is 8.99. The second kappa shape index (κ2) is 5.24. The van der Waals surface area contributed by atoms with Crippen molar-refractivity contribution in [2.45, 2.75) is 38.0 Å². The molecule has 1 aliphatic rings. The molecule has 1 aromatic heterocycles. The van der Waals surface area contributed by atoms with Crippen molar-refractivity contribution in [2.75, 3.05) is 6.61 Å². The zero-order valence-corrected chi connectivity index (χ0v) is 10.2. The molecule has 1 fully saturated rings. The molecule has 0 unspecified atom stereocenters. The van der Waals surface area contributed by atoms with Crippen molar-refractivity contribution >= 4 is 0 Å². The van der Waals surface area contributed by atoms with Gasteiger partial charge in [-0.05, 0) is 6.42 Å². The highest BCUT2D eigenvalue weighted by atomic mass is 19.1. The van der Waals surface area contributed by atoms with Gasteiger partial charge in [0, 0.05) is 11.8 Å². The smallest absolute Gasteiger partial charge is 0.330 e. The third-order valence-corrected chi connectivity index (χ3v) is 3.17. The Balaban J connectivity index is 2.43. The van der Waals surface area contributed by atoms with Crippen LogP contribution >= 0.6 is 0 Å². The number of hydrogen-bond acceptors (Lipinski definition) is 5. The summed E-state index contributed by atoms with van der Waals surface area (Å²) in [5.41, 5.74) is -1.05. The third-order valence-electron chi connectivity index (χ3n) is 3.17. The fourth-order valence-electron chi connectivity index (χ4n) is 2.05. The van der Waals surface area contributed by atoms with E-state index < -0.39 is 42.5 Å². The molecule has 7 nitrogen and oxygen atoms in total. The maximum atomic E-state index is 13.9. The average molecular weight is 274 g/mol. The molecule has 0 radical (unpaired) electrons. The summed E-state index contributed by atoms with van der Waals surface area (Å²) in [4.78, 5) is 25.1. The molecule has 2 heterocycles. The Hall–Kier alpha value is -1.51. The van der Waals surface area contributed by atoms with Crippen LogP contribution < -0.4 is 11.2 Å². The van der Waals surface area contributed by atoms with Gasteiger partial charge in [-0.15, -0.1) is 0 Å². The SMILES string of the molecule is CCc1cn([C@@H]2O[C@H](CO)[C@@H](O)[C@@H]2F)c(=O)[nH]c1=O. The molecule has 0 spiro atoms. The number of alkyl halides is 1. The van der Waals surface area contributed by atoms with Crippen LogP contribution in [0.5, 0.6) is 0 Å². The van der Waals surface area contributed by atoms with Crippen LogP contribution in [0.1, 0.15) is 18.7 Å². The maximum absolute atomic E-state index is 13.9. The number of aliphatic hydroxyl groups excluding tert-OH is 2. The number of halogens is 1. The molecule has 106 valence electrons. The van der Waals surface area contributed by atoms with Gasteiger partial charge in [-0.2, -0.15) is 0 Å². The van der Waals surface area contributed by atoms with E-state index in [2.05, 4.69) is 4.98 Å². The quantitative estimate of drug-likeness (QED) is 0.634. The lowest BCUT2D eigenvalue weighted by Crippen LogP contribution is -2.37. The molecule has 1 aromatic rings. The van der Waals surface area contributed by atoms with Gasteiger partial charge in [-0.3, -0.25) is 14.3 Å². The lowest BCUT2D eigenvalue weighted by molar-refractivity contribution is -0.0492. The summed E-state index contributed by atoms with van der Waals surface area (Å²) in [6.45, 7) is 1.16. The molecule has 1 saturated heterocycles. The van der Waals surface area contributed by atoms with Crippen molar-refractivity contribution in [1.82, 2.24) is 9.55 Å². The highest BCUT2D eigenvalue weighted by Crippen LogP contribution is 2.30. The summed E-state index contributed by atoms with van der Waals surface area (Å²) in [6.07, 6.45) is -4.24. The summed E-state index contributed by atoms with van der Waals surface area (Å²) >= 11 is 0. The van der Waals surface area contributed by atoms with Gasteiger partial charge in [0.25, 0.3) is 5.56 Å². The standard InChI is InChI=1S/C11H15FN2O5/c1-2-5-3-14(11(18)13-9(5)17)10-7(12)8(16)6(4-15)19-10/h3,6-8,10,15-16H,2,4H2,1H3,(H,13,17,18)/t6-,7+,8-,10-/m1/s1. The van der Waals surface area contributed by atoms with E-state index in [0.717, 1.165) is 4.57 Å². The van der Waals surface area contributed by atoms with Gasteiger partial charge < -0.3 is 14.9 Å². The normalized spacial score (nSPS) is 30.7. The summed E-state index contributed by atoms with van der Waals surface area (Å²) in [7, 11) is 0. The largest absolute Gasteiger partial charge is 0.394 e. The lowest BCUT2D eigenvalue weighted by Gasteiger charge is -2.16. The van der Waals surface area contributed by atoms with Crippen LogP contribution in [-0.2, 0) is 11.2 Å². The predicted molar refractivity (Wildman–Crippen MR) is 62.6 cm³/mol.